The highest BCUT2D eigenvalue weighted by molar-refractivity contribution is 5.99. The second kappa shape index (κ2) is 7.85. The first kappa shape index (κ1) is 17.7. The Hall–Kier alpha value is -2.11. The van der Waals surface area contributed by atoms with Crippen molar-refractivity contribution in [3.05, 3.63) is 29.6 Å². The van der Waals surface area contributed by atoms with E-state index in [1.165, 1.54) is 6.07 Å². The Balaban J connectivity index is 1.54. The Kier molecular flexibility index (Phi) is 5.56. The van der Waals surface area contributed by atoms with Crippen LogP contribution >= 0.6 is 0 Å². The third-order valence-corrected chi connectivity index (χ3v) is 5.49. The molecule has 136 valence electrons. The Morgan fingerprint density at radius 3 is 2.76 bits per heavy atom. The lowest BCUT2D eigenvalue weighted by molar-refractivity contribution is -0.136. The van der Waals surface area contributed by atoms with Crippen molar-refractivity contribution in [2.75, 3.05) is 18.4 Å². The summed E-state index contributed by atoms with van der Waals surface area (Å²) in [7, 11) is 0. The van der Waals surface area contributed by atoms with Gasteiger partial charge in [-0.15, -0.1) is 0 Å². The molecule has 2 aliphatic rings. The van der Waals surface area contributed by atoms with Crippen molar-refractivity contribution in [3.63, 3.8) is 0 Å². The Bertz CT molecular complexity index is 644. The number of fused-ring (bicyclic) bond motifs is 1. The summed E-state index contributed by atoms with van der Waals surface area (Å²) < 4.78 is 13.4. The molecule has 0 radical (unpaired) electrons. The zero-order chi connectivity index (χ0) is 17.8. The second-order valence-electron chi connectivity index (χ2n) is 7.17. The molecule has 1 heterocycles. The molecule has 1 unspecified atom stereocenters. The molecule has 25 heavy (non-hydrogen) atoms. The van der Waals surface area contributed by atoms with Crippen LogP contribution in [0.3, 0.4) is 0 Å². The minimum absolute atomic E-state index is 0.0641. The molecule has 1 saturated carbocycles. The van der Waals surface area contributed by atoms with E-state index in [1.807, 2.05) is 0 Å². The lowest BCUT2D eigenvalue weighted by Gasteiger charge is -2.27. The number of nitrogens with two attached hydrogens (primary N) is 1. The van der Waals surface area contributed by atoms with Crippen molar-refractivity contribution in [1.82, 2.24) is 5.32 Å². The summed E-state index contributed by atoms with van der Waals surface area (Å²) in [6, 6.07) is 4.74. The average Bonchev–Trinajstić information content (AvgIpc) is 2.98. The maximum absolute atomic E-state index is 13.4. The summed E-state index contributed by atoms with van der Waals surface area (Å²) in [5.41, 5.74) is 7.40. The van der Waals surface area contributed by atoms with E-state index in [-0.39, 0.29) is 23.6 Å². The molecular formula is C19H26FN3O2. The second-order valence-corrected chi connectivity index (χ2v) is 7.17. The first-order chi connectivity index (χ1) is 12.1. The van der Waals surface area contributed by atoms with Crippen LogP contribution in [0.1, 0.15) is 50.0 Å². The maximum Gasteiger partial charge on any atom is 0.232 e. The van der Waals surface area contributed by atoms with E-state index >= 15 is 0 Å². The van der Waals surface area contributed by atoms with Crippen molar-refractivity contribution in [1.29, 1.82) is 0 Å². The van der Waals surface area contributed by atoms with Gasteiger partial charge in [0.15, 0.2) is 0 Å². The van der Waals surface area contributed by atoms with Crippen LogP contribution in [0, 0.1) is 17.7 Å². The van der Waals surface area contributed by atoms with Crippen molar-refractivity contribution in [3.8, 4) is 0 Å². The van der Waals surface area contributed by atoms with E-state index in [0.29, 0.717) is 13.0 Å². The standard InChI is InChI=1S/C19H26FN3O2/c20-14-6-7-16-15(10-14)13(11-23-16)8-9-22-19(25)17(18(21)24)12-4-2-1-3-5-12/h6-7,10,12-13,17,23H,1-5,8-9,11H2,(H2,21,24)(H,22,25)/t13?,17-/m0/s1. The fourth-order valence-corrected chi connectivity index (χ4v) is 4.16. The number of carbonyl (C=O) groups is 2. The lowest BCUT2D eigenvalue weighted by atomic mass is 9.79. The highest BCUT2D eigenvalue weighted by Gasteiger charge is 2.34. The van der Waals surface area contributed by atoms with Gasteiger partial charge >= 0.3 is 0 Å². The van der Waals surface area contributed by atoms with Gasteiger partial charge in [-0.25, -0.2) is 4.39 Å². The van der Waals surface area contributed by atoms with Crippen molar-refractivity contribution in [2.24, 2.45) is 17.6 Å². The number of primary amides is 1. The molecule has 4 N–H and O–H groups in total. The van der Waals surface area contributed by atoms with Crippen LogP contribution in [-0.2, 0) is 9.59 Å². The third kappa shape index (κ3) is 4.11. The molecule has 0 spiro atoms. The highest BCUT2D eigenvalue weighted by atomic mass is 19.1. The van der Waals surface area contributed by atoms with Crippen LogP contribution in [0.4, 0.5) is 10.1 Å². The number of hydrogen-bond acceptors (Lipinski definition) is 3. The topological polar surface area (TPSA) is 84.2 Å². The molecular weight excluding hydrogens is 321 g/mol. The van der Waals surface area contributed by atoms with Crippen molar-refractivity contribution < 1.29 is 14.0 Å². The molecule has 0 bridgehead atoms. The Morgan fingerprint density at radius 2 is 2.04 bits per heavy atom. The average molecular weight is 347 g/mol. The van der Waals surface area contributed by atoms with Crippen LogP contribution in [0.15, 0.2) is 18.2 Å². The predicted molar refractivity (Wildman–Crippen MR) is 94.5 cm³/mol. The molecule has 0 saturated heterocycles. The van der Waals surface area contributed by atoms with Gasteiger partial charge in [0.1, 0.15) is 11.7 Å². The van der Waals surface area contributed by atoms with Gasteiger partial charge < -0.3 is 16.4 Å². The Morgan fingerprint density at radius 1 is 1.28 bits per heavy atom. The number of hydrogen-bond donors (Lipinski definition) is 3. The molecule has 2 amide bonds. The van der Waals surface area contributed by atoms with Crippen LogP contribution < -0.4 is 16.4 Å². The maximum atomic E-state index is 13.4. The molecule has 0 aromatic heterocycles. The normalized spacial score (nSPS) is 21.2. The number of nitrogens with one attached hydrogen (secondary N) is 2. The van der Waals surface area contributed by atoms with E-state index in [2.05, 4.69) is 10.6 Å². The zero-order valence-corrected chi connectivity index (χ0v) is 14.4. The number of rotatable bonds is 6. The summed E-state index contributed by atoms with van der Waals surface area (Å²) >= 11 is 0. The zero-order valence-electron chi connectivity index (χ0n) is 14.4. The van der Waals surface area contributed by atoms with Gasteiger partial charge in [0.2, 0.25) is 11.8 Å². The van der Waals surface area contributed by atoms with Crippen LogP contribution in [-0.4, -0.2) is 24.9 Å². The summed E-state index contributed by atoms with van der Waals surface area (Å²) in [6.45, 7) is 1.19. The van der Waals surface area contributed by atoms with Crippen LogP contribution in [0.5, 0.6) is 0 Å². The molecule has 1 aliphatic carbocycles. The van der Waals surface area contributed by atoms with E-state index in [0.717, 1.165) is 49.9 Å². The third-order valence-electron chi connectivity index (χ3n) is 5.49. The first-order valence-corrected chi connectivity index (χ1v) is 9.16. The molecule has 1 aliphatic heterocycles. The van der Waals surface area contributed by atoms with E-state index in [1.54, 1.807) is 12.1 Å². The van der Waals surface area contributed by atoms with Gasteiger partial charge in [-0.3, -0.25) is 9.59 Å². The summed E-state index contributed by atoms with van der Waals surface area (Å²) in [4.78, 5) is 24.2. The lowest BCUT2D eigenvalue weighted by Crippen LogP contribution is -2.44. The fraction of sp³-hybridized carbons (Fsp3) is 0.579. The van der Waals surface area contributed by atoms with Gasteiger partial charge in [-0.2, -0.15) is 0 Å². The number of halogens is 1. The number of carbonyl (C=O) groups excluding carboxylic acids is 2. The number of anilines is 1. The van der Waals surface area contributed by atoms with E-state index < -0.39 is 11.8 Å². The van der Waals surface area contributed by atoms with Crippen LogP contribution in [0.25, 0.3) is 0 Å². The molecule has 1 fully saturated rings. The monoisotopic (exact) mass is 347 g/mol. The van der Waals surface area contributed by atoms with Gasteiger partial charge in [0, 0.05) is 24.7 Å². The molecule has 6 heteroatoms. The van der Waals surface area contributed by atoms with E-state index in [9.17, 15) is 14.0 Å². The summed E-state index contributed by atoms with van der Waals surface area (Å²) in [6.07, 6.45) is 5.75. The largest absolute Gasteiger partial charge is 0.384 e. The summed E-state index contributed by atoms with van der Waals surface area (Å²) in [5, 5.41) is 6.13. The van der Waals surface area contributed by atoms with Gasteiger partial charge in [-0.1, -0.05) is 19.3 Å². The predicted octanol–water partition coefficient (Wildman–Crippen LogP) is 2.52. The molecule has 5 nitrogen and oxygen atoms in total. The molecule has 2 atom stereocenters. The first-order valence-electron chi connectivity index (χ1n) is 9.16. The smallest absolute Gasteiger partial charge is 0.232 e. The Labute approximate surface area is 147 Å². The van der Waals surface area contributed by atoms with Gasteiger partial charge in [0.25, 0.3) is 0 Å². The molecule has 1 aromatic rings. The van der Waals surface area contributed by atoms with Gasteiger partial charge in [0.05, 0.1) is 0 Å². The summed E-state index contributed by atoms with van der Waals surface area (Å²) in [5.74, 6) is -1.54. The molecule has 1 aromatic carbocycles. The van der Waals surface area contributed by atoms with Crippen LogP contribution in [0.2, 0.25) is 0 Å². The highest BCUT2D eigenvalue weighted by Crippen LogP contribution is 2.34. The number of amides is 2. The van der Waals surface area contributed by atoms with E-state index in [4.69, 9.17) is 5.73 Å². The van der Waals surface area contributed by atoms with Gasteiger partial charge in [-0.05, 0) is 48.9 Å². The number of benzene rings is 1. The minimum atomic E-state index is -0.730. The van der Waals surface area contributed by atoms with Crippen molar-refractivity contribution in [2.45, 2.75) is 44.4 Å². The SMILES string of the molecule is NC(=O)[C@@H](C(=O)NCCC1CNc2ccc(F)cc21)C1CCCCC1. The fourth-order valence-electron chi connectivity index (χ4n) is 4.16. The molecule has 3 rings (SSSR count). The minimum Gasteiger partial charge on any atom is -0.384 e. The quantitative estimate of drug-likeness (QED) is 0.691. The van der Waals surface area contributed by atoms with Crippen molar-refractivity contribution >= 4 is 17.5 Å².